The molecule has 1 aliphatic heterocycles. The normalized spacial score (nSPS) is 42.5. The highest BCUT2D eigenvalue weighted by molar-refractivity contribution is 5.25. The van der Waals surface area contributed by atoms with Crippen LogP contribution in [0.5, 0.6) is 0 Å². The first-order chi connectivity index (χ1) is 8.27. The van der Waals surface area contributed by atoms with Gasteiger partial charge >= 0.3 is 0 Å². The molecule has 0 radical (unpaired) electrons. The lowest BCUT2D eigenvalue weighted by Gasteiger charge is -2.64. The molecule has 17 heavy (non-hydrogen) atoms. The predicted octanol–water partition coefficient (Wildman–Crippen LogP) is 2.51. The molecule has 1 saturated heterocycles. The van der Waals surface area contributed by atoms with Crippen molar-refractivity contribution in [3.63, 3.8) is 0 Å². The Hall–Kier alpha value is -0.380. The van der Waals surface area contributed by atoms with E-state index < -0.39 is 5.79 Å². The maximum atomic E-state index is 6.23. The number of allylic oxidation sites excluding steroid dienone is 1. The molecule has 1 saturated carbocycles. The van der Waals surface area contributed by atoms with Gasteiger partial charge in [0.05, 0.1) is 13.2 Å². The van der Waals surface area contributed by atoms with Crippen LogP contribution < -0.4 is 0 Å². The summed E-state index contributed by atoms with van der Waals surface area (Å²) >= 11 is 0. The Balaban J connectivity index is 1.90. The van der Waals surface area contributed by atoms with E-state index in [0.29, 0.717) is 25.0 Å². The van der Waals surface area contributed by atoms with Crippen molar-refractivity contribution in [1.82, 2.24) is 0 Å². The summed E-state index contributed by atoms with van der Waals surface area (Å²) in [6.45, 7) is 6.58. The van der Waals surface area contributed by atoms with E-state index in [0.717, 1.165) is 25.9 Å². The molecule has 0 amide bonds. The van der Waals surface area contributed by atoms with E-state index >= 15 is 0 Å². The highest BCUT2D eigenvalue weighted by Gasteiger charge is 2.74. The molecule has 0 N–H and O–H groups in total. The van der Waals surface area contributed by atoms with Gasteiger partial charge in [-0.05, 0) is 19.3 Å². The second-order valence-electron chi connectivity index (χ2n) is 5.38. The van der Waals surface area contributed by atoms with E-state index in [4.69, 9.17) is 14.2 Å². The maximum Gasteiger partial charge on any atom is 0.201 e. The van der Waals surface area contributed by atoms with Gasteiger partial charge in [-0.15, -0.1) is 0 Å². The van der Waals surface area contributed by atoms with Gasteiger partial charge in [0.2, 0.25) is 5.79 Å². The molecule has 0 aromatic carbocycles. The lowest BCUT2D eigenvalue weighted by atomic mass is 9.53. The highest BCUT2D eigenvalue weighted by Crippen LogP contribution is 2.62. The van der Waals surface area contributed by atoms with Gasteiger partial charge in [-0.25, -0.2) is 0 Å². The zero-order chi connectivity index (χ0) is 11.9. The summed E-state index contributed by atoms with van der Waals surface area (Å²) in [6.07, 6.45) is 7.72. The third-order valence-electron chi connectivity index (χ3n) is 4.57. The SMILES string of the molecule is CCCOC12CCC=CC1C(C)C21OCCO1. The van der Waals surface area contributed by atoms with Crippen LogP contribution in [0.3, 0.4) is 0 Å². The second kappa shape index (κ2) is 4.08. The molecule has 3 aliphatic rings. The van der Waals surface area contributed by atoms with Crippen LogP contribution in [0, 0.1) is 11.8 Å². The summed E-state index contributed by atoms with van der Waals surface area (Å²) in [4.78, 5) is 0. The minimum Gasteiger partial charge on any atom is -0.369 e. The molecule has 0 aromatic rings. The zero-order valence-electron chi connectivity index (χ0n) is 10.8. The van der Waals surface area contributed by atoms with E-state index in [9.17, 15) is 0 Å². The van der Waals surface area contributed by atoms with Crippen LogP contribution in [0.2, 0.25) is 0 Å². The molecular weight excluding hydrogens is 216 g/mol. The smallest absolute Gasteiger partial charge is 0.201 e. The molecule has 3 heteroatoms. The number of hydrogen-bond acceptors (Lipinski definition) is 3. The van der Waals surface area contributed by atoms with Gasteiger partial charge in [-0.3, -0.25) is 0 Å². The molecule has 3 atom stereocenters. The molecule has 0 bridgehead atoms. The van der Waals surface area contributed by atoms with Crippen molar-refractivity contribution in [2.24, 2.45) is 11.8 Å². The van der Waals surface area contributed by atoms with Crippen molar-refractivity contribution in [2.45, 2.75) is 44.5 Å². The fourth-order valence-electron chi connectivity index (χ4n) is 3.85. The van der Waals surface area contributed by atoms with Gasteiger partial charge < -0.3 is 14.2 Å². The molecule has 3 unspecified atom stereocenters. The van der Waals surface area contributed by atoms with E-state index in [-0.39, 0.29) is 5.60 Å². The van der Waals surface area contributed by atoms with E-state index in [1.54, 1.807) is 0 Å². The van der Waals surface area contributed by atoms with Gasteiger partial charge in [0.25, 0.3) is 0 Å². The molecule has 96 valence electrons. The van der Waals surface area contributed by atoms with Crippen molar-refractivity contribution in [3.05, 3.63) is 12.2 Å². The maximum absolute atomic E-state index is 6.23. The van der Waals surface area contributed by atoms with Crippen LogP contribution in [-0.2, 0) is 14.2 Å². The third kappa shape index (κ3) is 1.33. The Labute approximate surface area is 103 Å². The van der Waals surface area contributed by atoms with Gasteiger partial charge in [0.15, 0.2) is 0 Å². The lowest BCUT2D eigenvalue weighted by molar-refractivity contribution is -0.394. The molecule has 2 fully saturated rings. The van der Waals surface area contributed by atoms with Crippen LogP contribution in [0.15, 0.2) is 12.2 Å². The van der Waals surface area contributed by atoms with E-state index in [1.807, 2.05) is 0 Å². The molecule has 1 heterocycles. The molecule has 3 nitrogen and oxygen atoms in total. The van der Waals surface area contributed by atoms with Gasteiger partial charge in [-0.2, -0.15) is 0 Å². The zero-order valence-corrected chi connectivity index (χ0v) is 10.8. The average Bonchev–Trinajstić information content (AvgIpc) is 2.88. The Morgan fingerprint density at radius 1 is 1.35 bits per heavy atom. The molecule has 2 aliphatic carbocycles. The van der Waals surface area contributed by atoms with Gasteiger partial charge in [0, 0.05) is 18.4 Å². The van der Waals surface area contributed by atoms with Crippen LogP contribution in [-0.4, -0.2) is 31.2 Å². The fourth-order valence-corrected chi connectivity index (χ4v) is 3.85. The summed E-state index contributed by atoms with van der Waals surface area (Å²) in [5, 5.41) is 0. The Kier molecular flexibility index (Phi) is 2.80. The number of ether oxygens (including phenoxy) is 3. The highest BCUT2D eigenvalue weighted by atomic mass is 16.8. The van der Waals surface area contributed by atoms with Gasteiger partial charge in [0.1, 0.15) is 5.60 Å². The molecule has 1 spiro atoms. The quantitative estimate of drug-likeness (QED) is 0.707. The first kappa shape index (κ1) is 11.7. The summed E-state index contributed by atoms with van der Waals surface area (Å²) in [6, 6.07) is 0. The van der Waals surface area contributed by atoms with Crippen molar-refractivity contribution >= 4 is 0 Å². The largest absolute Gasteiger partial charge is 0.369 e. The van der Waals surface area contributed by atoms with Crippen molar-refractivity contribution in [1.29, 1.82) is 0 Å². The summed E-state index contributed by atoms with van der Waals surface area (Å²) in [5.41, 5.74) is -0.215. The number of hydrogen-bond donors (Lipinski definition) is 0. The van der Waals surface area contributed by atoms with Crippen molar-refractivity contribution in [2.75, 3.05) is 19.8 Å². The molecular formula is C14H22O3. The predicted molar refractivity (Wildman–Crippen MR) is 64.6 cm³/mol. The molecule has 0 aromatic heterocycles. The monoisotopic (exact) mass is 238 g/mol. The summed E-state index contributed by atoms with van der Waals surface area (Å²) in [7, 11) is 0. The van der Waals surface area contributed by atoms with Crippen molar-refractivity contribution < 1.29 is 14.2 Å². The average molecular weight is 238 g/mol. The molecule has 3 rings (SSSR count). The van der Waals surface area contributed by atoms with Gasteiger partial charge in [-0.1, -0.05) is 26.0 Å². The summed E-state index contributed by atoms with van der Waals surface area (Å²) < 4.78 is 18.2. The van der Waals surface area contributed by atoms with Crippen LogP contribution in [0.25, 0.3) is 0 Å². The third-order valence-corrected chi connectivity index (χ3v) is 4.57. The van der Waals surface area contributed by atoms with Crippen LogP contribution >= 0.6 is 0 Å². The Bertz CT molecular complexity index is 319. The van der Waals surface area contributed by atoms with Crippen molar-refractivity contribution in [3.8, 4) is 0 Å². The number of rotatable bonds is 3. The lowest BCUT2D eigenvalue weighted by Crippen LogP contribution is -2.76. The minimum atomic E-state index is -0.461. The Morgan fingerprint density at radius 2 is 2.12 bits per heavy atom. The standard InChI is InChI=1S/C14H22O3/c1-3-8-15-13-7-5-4-6-12(13)11(2)14(13)16-9-10-17-14/h4,6,11-12H,3,5,7-10H2,1-2H3. The minimum absolute atomic E-state index is 0.215. The van der Waals surface area contributed by atoms with Crippen LogP contribution in [0.4, 0.5) is 0 Å². The number of fused-ring (bicyclic) bond motifs is 2. The first-order valence-electron chi connectivity index (χ1n) is 6.85. The summed E-state index contributed by atoms with van der Waals surface area (Å²) in [5.74, 6) is 0.400. The Morgan fingerprint density at radius 3 is 2.82 bits per heavy atom. The van der Waals surface area contributed by atoms with E-state index in [1.165, 1.54) is 0 Å². The van der Waals surface area contributed by atoms with E-state index in [2.05, 4.69) is 26.0 Å². The fraction of sp³-hybridized carbons (Fsp3) is 0.857. The second-order valence-corrected chi connectivity index (χ2v) is 5.38. The van der Waals surface area contributed by atoms with Crippen LogP contribution in [0.1, 0.15) is 33.1 Å². The topological polar surface area (TPSA) is 27.7 Å². The first-order valence-corrected chi connectivity index (χ1v) is 6.85.